The van der Waals surface area contributed by atoms with Crippen LogP contribution in [0.3, 0.4) is 0 Å². The Morgan fingerprint density at radius 3 is 2.95 bits per heavy atom. The van der Waals surface area contributed by atoms with Gasteiger partial charge < -0.3 is 10.5 Å². The molecule has 8 heteroatoms. The number of ether oxygens (including phenoxy) is 1. The standard InChI is InChI=1S/C11H11N5O2S/c1-2-18-11(17)7-4-3-5-13-10(7)16-6-14-9(15-16)8(12)19/h3-6H,2H2,1H3,(H2,12,19). The second-order valence-electron chi connectivity index (χ2n) is 3.47. The predicted octanol–water partition coefficient (Wildman–Crippen LogP) is 0.473. The molecule has 7 nitrogen and oxygen atoms in total. The number of nitrogens with two attached hydrogens (primary N) is 1. The molecule has 0 amide bonds. The molecule has 0 saturated heterocycles. The molecular weight excluding hydrogens is 266 g/mol. The number of carbonyl (C=O) groups is 1. The summed E-state index contributed by atoms with van der Waals surface area (Å²) in [6, 6.07) is 3.24. The second-order valence-corrected chi connectivity index (χ2v) is 3.91. The molecule has 0 aromatic carbocycles. The molecule has 0 saturated carbocycles. The summed E-state index contributed by atoms with van der Waals surface area (Å²) in [5.74, 6) is 0.0596. The summed E-state index contributed by atoms with van der Waals surface area (Å²) >= 11 is 4.78. The van der Waals surface area contributed by atoms with E-state index in [2.05, 4.69) is 15.1 Å². The van der Waals surface area contributed by atoms with Gasteiger partial charge in [-0.25, -0.2) is 19.4 Å². The maximum Gasteiger partial charge on any atom is 0.341 e. The Labute approximate surface area is 114 Å². The summed E-state index contributed by atoms with van der Waals surface area (Å²) in [6.07, 6.45) is 2.93. The normalized spacial score (nSPS) is 10.2. The molecule has 2 N–H and O–H groups in total. The van der Waals surface area contributed by atoms with Crippen LogP contribution in [0.2, 0.25) is 0 Å². The number of hydrogen-bond acceptors (Lipinski definition) is 6. The van der Waals surface area contributed by atoms with Gasteiger partial charge in [0.25, 0.3) is 0 Å². The summed E-state index contributed by atoms with van der Waals surface area (Å²) in [4.78, 5) is 19.9. The molecule has 0 fully saturated rings. The van der Waals surface area contributed by atoms with Crippen LogP contribution in [0.25, 0.3) is 5.82 Å². The molecule has 98 valence electrons. The van der Waals surface area contributed by atoms with E-state index >= 15 is 0 Å². The molecule has 0 bridgehead atoms. The van der Waals surface area contributed by atoms with Crippen LogP contribution in [0.1, 0.15) is 23.1 Å². The highest BCUT2D eigenvalue weighted by Gasteiger charge is 2.16. The first-order chi connectivity index (χ1) is 9.13. The molecule has 0 radical (unpaired) electrons. The van der Waals surface area contributed by atoms with Gasteiger partial charge in [-0.15, -0.1) is 5.10 Å². The molecule has 0 aliphatic rings. The monoisotopic (exact) mass is 277 g/mol. The highest BCUT2D eigenvalue weighted by molar-refractivity contribution is 7.80. The first kappa shape index (κ1) is 13.1. The van der Waals surface area contributed by atoms with Crippen LogP contribution in [0, 0.1) is 0 Å². The third kappa shape index (κ3) is 2.74. The quantitative estimate of drug-likeness (QED) is 0.641. The number of aromatic nitrogens is 4. The summed E-state index contributed by atoms with van der Waals surface area (Å²) in [5, 5.41) is 4.05. The molecular formula is C11H11N5O2S. The summed E-state index contributed by atoms with van der Waals surface area (Å²) in [7, 11) is 0. The van der Waals surface area contributed by atoms with Crippen LogP contribution in [0.4, 0.5) is 0 Å². The number of esters is 1. The maximum atomic E-state index is 11.8. The van der Waals surface area contributed by atoms with E-state index in [1.807, 2.05) is 0 Å². The van der Waals surface area contributed by atoms with Gasteiger partial charge in [0.2, 0.25) is 5.82 Å². The highest BCUT2D eigenvalue weighted by Crippen LogP contribution is 2.11. The van der Waals surface area contributed by atoms with Crippen LogP contribution in [0.5, 0.6) is 0 Å². The van der Waals surface area contributed by atoms with Gasteiger partial charge >= 0.3 is 5.97 Å². The molecule has 2 aromatic heterocycles. The van der Waals surface area contributed by atoms with Crippen LogP contribution in [0.15, 0.2) is 24.7 Å². The smallest absolute Gasteiger partial charge is 0.341 e. The minimum Gasteiger partial charge on any atom is -0.462 e. The zero-order valence-corrected chi connectivity index (χ0v) is 10.9. The van der Waals surface area contributed by atoms with Gasteiger partial charge in [0.1, 0.15) is 16.9 Å². The van der Waals surface area contributed by atoms with Crippen LogP contribution in [-0.2, 0) is 4.74 Å². The van der Waals surface area contributed by atoms with Crippen molar-refractivity contribution >= 4 is 23.2 Å². The number of carbonyl (C=O) groups excluding carboxylic acids is 1. The summed E-state index contributed by atoms with van der Waals surface area (Å²) < 4.78 is 6.29. The Hall–Kier alpha value is -2.35. The second kappa shape index (κ2) is 5.53. The van der Waals surface area contributed by atoms with Crippen LogP contribution >= 0.6 is 12.2 Å². The van der Waals surface area contributed by atoms with Crippen LogP contribution in [-0.4, -0.2) is 37.3 Å². The van der Waals surface area contributed by atoms with Crippen molar-refractivity contribution in [2.45, 2.75) is 6.92 Å². The molecule has 0 unspecified atom stereocenters. The zero-order chi connectivity index (χ0) is 13.8. The van der Waals surface area contributed by atoms with Gasteiger partial charge in [0.15, 0.2) is 5.82 Å². The Morgan fingerprint density at radius 2 is 2.32 bits per heavy atom. The predicted molar refractivity (Wildman–Crippen MR) is 71.0 cm³/mol. The molecule has 2 aromatic rings. The van der Waals surface area contributed by atoms with Crippen molar-refractivity contribution in [3.05, 3.63) is 36.0 Å². The number of hydrogen-bond donors (Lipinski definition) is 1. The first-order valence-corrected chi connectivity index (χ1v) is 5.88. The fourth-order valence-corrected chi connectivity index (χ4v) is 1.52. The lowest BCUT2D eigenvalue weighted by molar-refractivity contribution is 0.0525. The minimum atomic E-state index is -0.474. The average molecular weight is 277 g/mol. The van der Waals surface area contributed by atoms with E-state index in [-0.39, 0.29) is 17.4 Å². The van der Waals surface area contributed by atoms with E-state index < -0.39 is 5.97 Å². The molecule has 2 rings (SSSR count). The van der Waals surface area contributed by atoms with Crippen LogP contribution < -0.4 is 5.73 Å². The van der Waals surface area contributed by atoms with Gasteiger partial charge in [-0.05, 0) is 19.1 Å². The topological polar surface area (TPSA) is 95.9 Å². The van der Waals surface area contributed by atoms with Gasteiger partial charge in [0.05, 0.1) is 6.61 Å². The number of nitrogens with zero attached hydrogens (tertiary/aromatic N) is 4. The Balaban J connectivity index is 2.43. The van der Waals surface area contributed by atoms with Crippen molar-refractivity contribution in [2.75, 3.05) is 6.61 Å². The number of rotatable bonds is 4. The number of pyridine rings is 1. The third-order valence-corrected chi connectivity index (χ3v) is 2.39. The summed E-state index contributed by atoms with van der Waals surface area (Å²) in [6.45, 7) is 2.01. The molecule has 0 spiro atoms. The minimum absolute atomic E-state index is 0.0763. The highest BCUT2D eigenvalue weighted by atomic mass is 32.1. The molecule has 0 aliphatic heterocycles. The largest absolute Gasteiger partial charge is 0.462 e. The van der Waals surface area contributed by atoms with E-state index in [4.69, 9.17) is 22.7 Å². The third-order valence-electron chi connectivity index (χ3n) is 2.21. The van der Waals surface area contributed by atoms with Crippen molar-refractivity contribution in [1.82, 2.24) is 19.7 Å². The van der Waals surface area contributed by atoms with Gasteiger partial charge in [-0.3, -0.25) is 0 Å². The van der Waals surface area contributed by atoms with Crippen molar-refractivity contribution in [2.24, 2.45) is 5.73 Å². The van der Waals surface area contributed by atoms with Crippen molar-refractivity contribution in [1.29, 1.82) is 0 Å². The van der Waals surface area contributed by atoms with Gasteiger partial charge in [-0.1, -0.05) is 12.2 Å². The SMILES string of the molecule is CCOC(=O)c1cccnc1-n1cnc(C(N)=S)n1. The van der Waals surface area contributed by atoms with E-state index in [1.165, 1.54) is 11.0 Å². The van der Waals surface area contributed by atoms with Crippen molar-refractivity contribution in [3.8, 4) is 5.82 Å². The lowest BCUT2D eigenvalue weighted by Crippen LogP contribution is -2.14. The number of thiocarbonyl (C=S) groups is 1. The maximum absolute atomic E-state index is 11.8. The Bertz CT molecular complexity index is 625. The van der Waals surface area contributed by atoms with E-state index in [1.54, 1.807) is 25.3 Å². The van der Waals surface area contributed by atoms with Gasteiger partial charge in [0, 0.05) is 6.20 Å². The fourth-order valence-electron chi connectivity index (χ4n) is 1.43. The van der Waals surface area contributed by atoms with Crippen molar-refractivity contribution < 1.29 is 9.53 Å². The lowest BCUT2D eigenvalue weighted by Gasteiger charge is -2.06. The molecule has 0 aliphatic carbocycles. The fraction of sp³-hybridized carbons (Fsp3) is 0.182. The molecule has 0 atom stereocenters. The van der Waals surface area contributed by atoms with E-state index in [9.17, 15) is 4.79 Å². The van der Waals surface area contributed by atoms with E-state index in [0.717, 1.165) is 0 Å². The molecule has 2 heterocycles. The van der Waals surface area contributed by atoms with Gasteiger partial charge in [-0.2, -0.15) is 0 Å². The summed E-state index contributed by atoms with van der Waals surface area (Å²) in [5.41, 5.74) is 5.73. The van der Waals surface area contributed by atoms with E-state index in [0.29, 0.717) is 11.4 Å². The average Bonchev–Trinajstić information content (AvgIpc) is 2.88. The first-order valence-electron chi connectivity index (χ1n) is 5.47. The zero-order valence-electron chi connectivity index (χ0n) is 10.1. The Morgan fingerprint density at radius 1 is 1.53 bits per heavy atom. The Kier molecular flexibility index (Phi) is 3.81. The lowest BCUT2D eigenvalue weighted by atomic mass is 10.2. The van der Waals surface area contributed by atoms with Crippen molar-refractivity contribution in [3.63, 3.8) is 0 Å². The molecule has 19 heavy (non-hydrogen) atoms.